The van der Waals surface area contributed by atoms with E-state index in [0.29, 0.717) is 0 Å². The first-order chi connectivity index (χ1) is 10.2. The molecule has 0 aromatic carbocycles. The topological polar surface area (TPSA) is 186 Å². The average molecular weight is 326 g/mol. The summed E-state index contributed by atoms with van der Waals surface area (Å²) in [5.41, 5.74) is 0. The lowest BCUT2D eigenvalue weighted by Crippen LogP contribution is -2.63. The quantitative estimate of drug-likeness (QED) is 0.264. The maximum absolute atomic E-state index is 10.8. The van der Waals surface area contributed by atoms with Crippen LogP contribution in [0.5, 0.6) is 0 Å². The third kappa shape index (κ3) is 3.22. The van der Waals surface area contributed by atoms with Crippen molar-refractivity contribution in [2.24, 2.45) is 0 Å². The molecule has 0 spiro atoms. The first-order valence-corrected chi connectivity index (χ1v) is 6.47. The van der Waals surface area contributed by atoms with Crippen molar-refractivity contribution in [3.8, 4) is 0 Å². The van der Waals surface area contributed by atoms with Gasteiger partial charge in [-0.2, -0.15) is 0 Å². The van der Waals surface area contributed by atoms with E-state index in [1.54, 1.807) is 0 Å². The number of rotatable bonds is 3. The fourth-order valence-electron chi connectivity index (χ4n) is 2.26. The zero-order valence-electron chi connectivity index (χ0n) is 11.2. The molecule has 0 bridgehead atoms. The minimum Gasteiger partial charge on any atom is -0.479 e. The Balaban J connectivity index is 2.05. The van der Waals surface area contributed by atoms with E-state index in [0.717, 1.165) is 0 Å². The number of aliphatic hydroxyl groups excluding tert-OH is 6. The molecule has 7 N–H and O–H groups in total. The number of aliphatic carboxylic acids is 1. The largest absolute Gasteiger partial charge is 0.479 e. The number of hydrogen-bond donors (Lipinski definition) is 7. The van der Waals surface area contributed by atoms with Crippen molar-refractivity contribution in [3.63, 3.8) is 0 Å². The highest BCUT2D eigenvalue weighted by atomic mass is 16.7. The van der Waals surface area contributed by atoms with Crippen LogP contribution in [-0.4, -0.2) is 104 Å². The van der Waals surface area contributed by atoms with E-state index >= 15 is 0 Å². The molecule has 0 aliphatic carbocycles. The SMILES string of the molecule is O=C(O)[C@H]1OC(O)[C@H](O[C@@H]2OC[C@@H](O)[C@H](O)[C@H]2O)[C@@H](O)[C@@H]1O. The highest BCUT2D eigenvalue weighted by Crippen LogP contribution is 2.26. The number of carboxylic acid groups (broad SMARTS) is 1. The van der Waals surface area contributed by atoms with Crippen LogP contribution in [0.1, 0.15) is 0 Å². The van der Waals surface area contributed by atoms with E-state index in [-0.39, 0.29) is 6.61 Å². The van der Waals surface area contributed by atoms with Crippen molar-refractivity contribution in [2.75, 3.05) is 6.61 Å². The van der Waals surface area contributed by atoms with Gasteiger partial charge < -0.3 is 50.0 Å². The molecule has 22 heavy (non-hydrogen) atoms. The molecule has 2 heterocycles. The Morgan fingerprint density at radius 2 is 1.59 bits per heavy atom. The fourth-order valence-corrected chi connectivity index (χ4v) is 2.26. The Morgan fingerprint density at radius 1 is 0.955 bits per heavy atom. The van der Waals surface area contributed by atoms with Crippen molar-refractivity contribution >= 4 is 5.97 Å². The van der Waals surface area contributed by atoms with E-state index in [2.05, 4.69) is 4.74 Å². The molecule has 0 saturated carbocycles. The Kier molecular flexibility index (Phi) is 5.32. The molecule has 128 valence electrons. The van der Waals surface area contributed by atoms with Gasteiger partial charge in [-0.25, -0.2) is 4.79 Å². The molecule has 0 aromatic heterocycles. The molecule has 2 aliphatic heterocycles. The van der Waals surface area contributed by atoms with E-state index in [9.17, 15) is 35.4 Å². The van der Waals surface area contributed by atoms with Crippen LogP contribution in [0.2, 0.25) is 0 Å². The predicted octanol–water partition coefficient (Wildman–Crippen LogP) is -4.67. The summed E-state index contributed by atoms with van der Waals surface area (Å²) >= 11 is 0. The molecule has 2 rings (SSSR count). The summed E-state index contributed by atoms with van der Waals surface area (Å²) in [4.78, 5) is 10.8. The van der Waals surface area contributed by atoms with Crippen molar-refractivity contribution in [1.29, 1.82) is 0 Å². The number of ether oxygens (including phenoxy) is 3. The maximum atomic E-state index is 10.8. The first kappa shape index (κ1) is 17.5. The van der Waals surface area contributed by atoms with Gasteiger partial charge >= 0.3 is 5.97 Å². The minimum absolute atomic E-state index is 0.372. The van der Waals surface area contributed by atoms with Crippen molar-refractivity contribution in [3.05, 3.63) is 0 Å². The summed E-state index contributed by atoms with van der Waals surface area (Å²) < 4.78 is 14.6. The van der Waals surface area contributed by atoms with E-state index in [1.165, 1.54) is 0 Å². The monoisotopic (exact) mass is 326 g/mol. The summed E-state index contributed by atoms with van der Waals surface area (Å²) in [6.45, 7) is -0.372. The molecular formula is C11H18O11. The average Bonchev–Trinajstić information content (AvgIpc) is 2.46. The second-order valence-corrected chi connectivity index (χ2v) is 5.12. The molecule has 0 aromatic rings. The highest BCUT2D eigenvalue weighted by Gasteiger charge is 2.50. The number of aliphatic hydroxyl groups is 6. The Morgan fingerprint density at radius 3 is 2.18 bits per heavy atom. The van der Waals surface area contributed by atoms with Gasteiger partial charge in [0.05, 0.1) is 6.61 Å². The number of hydrogen-bond acceptors (Lipinski definition) is 10. The van der Waals surface area contributed by atoms with Crippen LogP contribution in [0.25, 0.3) is 0 Å². The molecule has 2 saturated heterocycles. The van der Waals surface area contributed by atoms with Gasteiger partial charge in [-0.15, -0.1) is 0 Å². The molecule has 9 atom stereocenters. The van der Waals surface area contributed by atoms with E-state index < -0.39 is 61.3 Å². The summed E-state index contributed by atoms with van der Waals surface area (Å²) in [6.07, 6.45) is -15.3. The zero-order chi connectivity index (χ0) is 16.6. The second-order valence-electron chi connectivity index (χ2n) is 5.12. The lowest BCUT2D eigenvalue weighted by molar-refractivity contribution is -0.345. The molecule has 0 amide bonds. The van der Waals surface area contributed by atoms with Gasteiger partial charge in [0.2, 0.25) is 0 Å². The minimum atomic E-state index is -1.92. The molecule has 11 heteroatoms. The Bertz CT molecular complexity index is 403. The second kappa shape index (κ2) is 6.70. The predicted molar refractivity (Wildman–Crippen MR) is 63.2 cm³/mol. The molecule has 2 aliphatic rings. The van der Waals surface area contributed by atoms with Gasteiger partial charge in [0.25, 0.3) is 0 Å². The van der Waals surface area contributed by atoms with Gasteiger partial charge in [-0.3, -0.25) is 0 Å². The van der Waals surface area contributed by atoms with Crippen LogP contribution in [0.4, 0.5) is 0 Å². The summed E-state index contributed by atoms with van der Waals surface area (Å²) in [5, 5.41) is 66.4. The number of carboxylic acids is 1. The fraction of sp³-hybridized carbons (Fsp3) is 0.909. The van der Waals surface area contributed by atoms with Gasteiger partial charge in [0.1, 0.15) is 36.6 Å². The van der Waals surface area contributed by atoms with Crippen LogP contribution in [0, 0.1) is 0 Å². The smallest absolute Gasteiger partial charge is 0.335 e. The van der Waals surface area contributed by atoms with Crippen LogP contribution < -0.4 is 0 Å². The van der Waals surface area contributed by atoms with Gasteiger partial charge in [-0.05, 0) is 0 Å². The Labute approximate surface area is 123 Å². The van der Waals surface area contributed by atoms with Gasteiger partial charge in [0.15, 0.2) is 18.7 Å². The lowest BCUT2D eigenvalue weighted by atomic mass is 9.98. The Hall–Kier alpha value is -0.890. The van der Waals surface area contributed by atoms with Crippen molar-refractivity contribution in [1.82, 2.24) is 0 Å². The van der Waals surface area contributed by atoms with Crippen molar-refractivity contribution in [2.45, 2.75) is 55.3 Å². The zero-order valence-corrected chi connectivity index (χ0v) is 11.2. The first-order valence-electron chi connectivity index (χ1n) is 6.47. The summed E-state index contributed by atoms with van der Waals surface area (Å²) in [5.74, 6) is -1.59. The highest BCUT2D eigenvalue weighted by molar-refractivity contribution is 5.73. The molecule has 1 unspecified atom stereocenters. The van der Waals surface area contributed by atoms with Crippen LogP contribution >= 0.6 is 0 Å². The van der Waals surface area contributed by atoms with Crippen LogP contribution in [-0.2, 0) is 19.0 Å². The molecule has 2 fully saturated rings. The number of carbonyl (C=O) groups is 1. The third-order valence-electron chi connectivity index (χ3n) is 3.55. The summed E-state index contributed by atoms with van der Waals surface area (Å²) in [6, 6.07) is 0. The molecular weight excluding hydrogens is 308 g/mol. The van der Waals surface area contributed by atoms with Gasteiger partial charge in [0, 0.05) is 0 Å². The van der Waals surface area contributed by atoms with Crippen molar-refractivity contribution < 1.29 is 54.8 Å². The normalized spacial score (nSPS) is 49.8. The third-order valence-corrected chi connectivity index (χ3v) is 3.55. The van der Waals surface area contributed by atoms with Gasteiger partial charge in [-0.1, -0.05) is 0 Å². The maximum Gasteiger partial charge on any atom is 0.335 e. The lowest BCUT2D eigenvalue weighted by Gasteiger charge is -2.42. The van der Waals surface area contributed by atoms with Crippen LogP contribution in [0.15, 0.2) is 0 Å². The van der Waals surface area contributed by atoms with Crippen LogP contribution in [0.3, 0.4) is 0 Å². The molecule has 11 nitrogen and oxygen atoms in total. The molecule has 0 radical (unpaired) electrons. The van der Waals surface area contributed by atoms with E-state index in [1.807, 2.05) is 0 Å². The summed E-state index contributed by atoms with van der Waals surface area (Å²) in [7, 11) is 0. The standard InChI is InChI=1S/C11H18O11/c12-2-1-20-11(6(16)3(2)13)22-8-5(15)4(14)7(9(17)18)21-10(8)19/h2-8,10-16,19H,1H2,(H,17,18)/t2-,3+,4+,5+,6-,7+,8-,10?,11+/m1/s1. The van der Waals surface area contributed by atoms with E-state index in [4.69, 9.17) is 14.6 Å².